The molecule has 0 N–H and O–H groups in total. The van der Waals surface area contributed by atoms with Crippen LogP contribution in [0.3, 0.4) is 0 Å². The van der Waals surface area contributed by atoms with Crippen LogP contribution in [0.5, 0.6) is 0 Å². The lowest BCUT2D eigenvalue weighted by Gasteiger charge is -2.38. The van der Waals surface area contributed by atoms with Gasteiger partial charge in [0.15, 0.2) is 0 Å². The first-order valence-electron chi connectivity index (χ1n) is 5.38. The molecule has 0 atom stereocenters. The van der Waals surface area contributed by atoms with Crippen LogP contribution in [-0.2, 0) is 4.74 Å². The van der Waals surface area contributed by atoms with E-state index in [2.05, 4.69) is 4.74 Å². The van der Waals surface area contributed by atoms with Crippen molar-refractivity contribution in [2.75, 3.05) is 19.7 Å². The van der Waals surface area contributed by atoms with E-state index >= 15 is 0 Å². The monoisotopic (exact) mass is 279 g/mol. The number of thiophene rings is 1. The van der Waals surface area contributed by atoms with E-state index < -0.39 is 18.9 Å². The standard InChI is InChI=1S/C11H12F3NO2S/c1-7-2-9(18-5-7)10(16)15-3-8(4-15)17-6-11(12,13)14/h2,5,8H,3-4,6H2,1H3. The molecule has 1 aromatic heterocycles. The van der Waals surface area contributed by atoms with Gasteiger partial charge in [0.25, 0.3) is 5.91 Å². The molecule has 2 rings (SSSR count). The summed E-state index contributed by atoms with van der Waals surface area (Å²) in [6.07, 6.45) is -4.81. The van der Waals surface area contributed by atoms with E-state index in [9.17, 15) is 18.0 Å². The lowest BCUT2D eigenvalue weighted by atomic mass is 10.1. The zero-order valence-corrected chi connectivity index (χ0v) is 10.5. The first-order chi connectivity index (χ1) is 8.35. The second-order valence-electron chi connectivity index (χ2n) is 4.25. The van der Waals surface area contributed by atoms with Gasteiger partial charge in [0, 0.05) is 13.1 Å². The van der Waals surface area contributed by atoms with Crippen molar-refractivity contribution >= 4 is 17.2 Å². The SMILES string of the molecule is Cc1csc(C(=O)N2CC(OCC(F)(F)F)C2)c1. The molecule has 100 valence electrons. The molecular formula is C11H12F3NO2S. The quantitative estimate of drug-likeness (QED) is 0.850. The average Bonchev–Trinajstić information content (AvgIpc) is 2.60. The van der Waals surface area contributed by atoms with Crippen molar-refractivity contribution in [2.24, 2.45) is 0 Å². The first kappa shape index (κ1) is 13.4. The summed E-state index contributed by atoms with van der Waals surface area (Å²) >= 11 is 1.34. The maximum absolute atomic E-state index is 11.9. The number of hydrogen-bond acceptors (Lipinski definition) is 3. The lowest BCUT2D eigenvalue weighted by molar-refractivity contribution is -0.196. The van der Waals surface area contributed by atoms with Crippen LogP contribution in [0.4, 0.5) is 13.2 Å². The number of ether oxygens (including phenoxy) is 1. The van der Waals surface area contributed by atoms with E-state index in [4.69, 9.17) is 0 Å². The van der Waals surface area contributed by atoms with Crippen molar-refractivity contribution in [3.05, 3.63) is 21.9 Å². The maximum atomic E-state index is 11.9. The number of hydrogen-bond donors (Lipinski definition) is 0. The molecule has 7 heteroatoms. The molecule has 1 fully saturated rings. The van der Waals surface area contributed by atoms with Crippen LogP contribution in [0.25, 0.3) is 0 Å². The molecule has 3 nitrogen and oxygen atoms in total. The third-order valence-electron chi connectivity index (χ3n) is 2.56. The average molecular weight is 279 g/mol. The van der Waals surface area contributed by atoms with Crippen molar-refractivity contribution in [1.82, 2.24) is 4.90 Å². The van der Waals surface area contributed by atoms with Crippen molar-refractivity contribution in [2.45, 2.75) is 19.2 Å². The highest BCUT2D eigenvalue weighted by molar-refractivity contribution is 7.12. The second kappa shape index (κ2) is 4.89. The molecule has 18 heavy (non-hydrogen) atoms. The van der Waals surface area contributed by atoms with Crippen LogP contribution in [-0.4, -0.2) is 42.8 Å². The van der Waals surface area contributed by atoms with E-state index in [0.29, 0.717) is 4.88 Å². The van der Waals surface area contributed by atoms with Crippen LogP contribution in [0.15, 0.2) is 11.4 Å². The minimum atomic E-state index is -4.31. The first-order valence-corrected chi connectivity index (χ1v) is 6.26. The van der Waals surface area contributed by atoms with Crippen LogP contribution in [0.2, 0.25) is 0 Å². The molecule has 1 saturated heterocycles. The normalized spacial score (nSPS) is 16.8. The fourth-order valence-electron chi connectivity index (χ4n) is 1.62. The number of halogens is 3. The van der Waals surface area contributed by atoms with Crippen LogP contribution >= 0.6 is 11.3 Å². The third-order valence-corrected chi connectivity index (χ3v) is 3.60. The molecule has 0 aromatic carbocycles. The number of aryl methyl sites for hydroxylation is 1. The van der Waals surface area contributed by atoms with E-state index in [0.717, 1.165) is 5.56 Å². The second-order valence-corrected chi connectivity index (χ2v) is 5.16. The number of alkyl halides is 3. The fourth-order valence-corrected chi connectivity index (χ4v) is 2.49. The van der Waals surface area contributed by atoms with Gasteiger partial charge >= 0.3 is 6.18 Å². The van der Waals surface area contributed by atoms with Crippen LogP contribution in [0, 0.1) is 6.92 Å². The summed E-state index contributed by atoms with van der Waals surface area (Å²) in [4.78, 5) is 14.0. The number of likely N-dealkylation sites (tertiary alicyclic amines) is 1. The van der Waals surface area contributed by atoms with Gasteiger partial charge in [-0.05, 0) is 23.9 Å². The number of carbonyl (C=O) groups is 1. The molecule has 1 aromatic rings. The molecular weight excluding hydrogens is 267 g/mol. The number of rotatable bonds is 3. The fraction of sp³-hybridized carbons (Fsp3) is 0.545. The Morgan fingerprint density at radius 2 is 2.22 bits per heavy atom. The minimum absolute atomic E-state index is 0.139. The molecule has 1 aliphatic rings. The van der Waals surface area contributed by atoms with Gasteiger partial charge in [-0.15, -0.1) is 11.3 Å². The Morgan fingerprint density at radius 1 is 1.56 bits per heavy atom. The summed E-state index contributed by atoms with van der Waals surface area (Å²) in [5.41, 5.74) is 1.01. The summed E-state index contributed by atoms with van der Waals surface area (Å²) < 4.78 is 40.3. The summed E-state index contributed by atoms with van der Waals surface area (Å²) in [6.45, 7) is 1.09. The molecule has 0 unspecified atom stereocenters. The van der Waals surface area contributed by atoms with E-state index in [1.165, 1.54) is 16.2 Å². The van der Waals surface area contributed by atoms with Crippen molar-refractivity contribution in [3.63, 3.8) is 0 Å². The minimum Gasteiger partial charge on any atom is -0.365 e. The van der Waals surface area contributed by atoms with Gasteiger partial charge in [0.2, 0.25) is 0 Å². The van der Waals surface area contributed by atoms with Crippen LogP contribution in [0.1, 0.15) is 15.2 Å². The molecule has 0 saturated carbocycles. The van der Waals surface area contributed by atoms with Gasteiger partial charge < -0.3 is 9.64 Å². The van der Waals surface area contributed by atoms with Crippen molar-refractivity contribution in [1.29, 1.82) is 0 Å². The van der Waals surface area contributed by atoms with Crippen LogP contribution < -0.4 is 0 Å². The van der Waals surface area contributed by atoms with Gasteiger partial charge in [-0.25, -0.2) is 0 Å². The topological polar surface area (TPSA) is 29.5 Å². The molecule has 2 heterocycles. The zero-order chi connectivity index (χ0) is 13.3. The molecule has 0 radical (unpaired) electrons. The van der Waals surface area contributed by atoms with Gasteiger partial charge in [-0.1, -0.05) is 0 Å². The zero-order valence-electron chi connectivity index (χ0n) is 9.66. The Morgan fingerprint density at radius 3 is 2.72 bits per heavy atom. The van der Waals surface area contributed by atoms with E-state index in [1.807, 2.05) is 12.3 Å². The lowest BCUT2D eigenvalue weighted by Crippen LogP contribution is -2.55. The molecule has 1 aliphatic heterocycles. The Bertz CT molecular complexity index is 438. The van der Waals surface area contributed by atoms with E-state index in [-0.39, 0.29) is 19.0 Å². The highest BCUT2D eigenvalue weighted by Crippen LogP contribution is 2.22. The van der Waals surface area contributed by atoms with Gasteiger partial charge in [0.05, 0.1) is 11.0 Å². The van der Waals surface area contributed by atoms with Crippen molar-refractivity contribution in [3.8, 4) is 0 Å². The Balaban J connectivity index is 1.77. The van der Waals surface area contributed by atoms with E-state index in [1.54, 1.807) is 6.07 Å². The van der Waals surface area contributed by atoms with Gasteiger partial charge in [0.1, 0.15) is 6.61 Å². The highest BCUT2D eigenvalue weighted by Gasteiger charge is 2.36. The number of carbonyl (C=O) groups excluding carboxylic acids is 1. The summed E-state index contributed by atoms with van der Waals surface area (Å²) in [5, 5.41) is 1.87. The Kier molecular flexibility index (Phi) is 3.63. The summed E-state index contributed by atoms with van der Waals surface area (Å²) in [7, 11) is 0. The molecule has 0 aliphatic carbocycles. The Labute approximate surface area is 106 Å². The summed E-state index contributed by atoms with van der Waals surface area (Å²) in [5.74, 6) is -0.139. The maximum Gasteiger partial charge on any atom is 0.411 e. The predicted molar refractivity (Wildman–Crippen MR) is 60.8 cm³/mol. The largest absolute Gasteiger partial charge is 0.411 e. The van der Waals surface area contributed by atoms with Crippen molar-refractivity contribution < 1.29 is 22.7 Å². The third kappa shape index (κ3) is 3.23. The number of amides is 1. The molecule has 0 spiro atoms. The number of nitrogens with zero attached hydrogens (tertiary/aromatic N) is 1. The molecule has 1 amide bonds. The smallest absolute Gasteiger partial charge is 0.365 e. The van der Waals surface area contributed by atoms with Gasteiger partial charge in [-0.3, -0.25) is 4.79 Å². The summed E-state index contributed by atoms with van der Waals surface area (Å²) in [6, 6.07) is 1.77. The predicted octanol–water partition coefficient (Wildman–Crippen LogP) is 2.46. The molecule has 0 bridgehead atoms. The highest BCUT2D eigenvalue weighted by atomic mass is 32.1. The Hall–Kier alpha value is -1.08. The van der Waals surface area contributed by atoms with Gasteiger partial charge in [-0.2, -0.15) is 13.2 Å².